The molecular weight excluding hydrogens is 316 g/mol. The highest BCUT2D eigenvalue weighted by atomic mass is 16.5. The van der Waals surface area contributed by atoms with Gasteiger partial charge in [-0.2, -0.15) is 4.73 Å². The number of aryl methyl sites for hydroxylation is 1. The molecule has 1 aromatic heterocycles. The van der Waals surface area contributed by atoms with Gasteiger partial charge in [0.05, 0.1) is 4.43 Å². The second-order valence-corrected chi connectivity index (χ2v) is 5.83. The lowest BCUT2D eigenvalue weighted by atomic mass is 10.1. The van der Waals surface area contributed by atoms with Gasteiger partial charge in [0.15, 0.2) is 5.52 Å². The molecular formula is C20H19N2O3+. The van der Waals surface area contributed by atoms with Gasteiger partial charge >= 0.3 is 5.69 Å². The highest BCUT2D eigenvalue weighted by molar-refractivity contribution is 6.05. The minimum atomic E-state index is -0.456. The largest absolute Gasteiger partial charge is 0.428 e. The molecule has 0 unspecified atom stereocenters. The van der Waals surface area contributed by atoms with Crippen LogP contribution in [0.3, 0.4) is 0 Å². The molecule has 0 fully saturated rings. The normalized spacial score (nSPS) is 11.3. The van der Waals surface area contributed by atoms with E-state index >= 15 is 0 Å². The number of carbonyl (C=O) groups excluding carboxylic acids is 1. The van der Waals surface area contributed by atoms with Crippen LogP contribution >= 0.6 is 0 Å². The smallest absolute Gasteiger partial charge is 0.332 e. The lowest BCUT2D eigenvalue weighted by Crippen LogP contribution is -2.30. The fourth-order valence-corrected chi connectivity index (χ4v) is 2.81. The Balaban J connectivity index is 2.05. The molecule has 0 aliphatic carbocycles. The average molecular weight is 335 g/mol. The molecule has 0 radical (unpaired) electrons. The summed E-state index contributed by atoms with van der Waals surface area (Å²) in [5, 5.41) is 10.3. The Morgan fingerprint density at radius 2 is 1.96 bits per heavy atom. The first-order valence-electron chi connectivity index (χ1n) is 8.10. The number of ketones is 1. The van der Waals surface area contributed by atoms with Crippen molar-refractivity contribution in [2.24, 2.45) is 0 Å². The zero-order valence-electron chi connectivity index (χ0n) is 14.1. The standard InChI is InChI=1S/C20H19N2O3/c1-3-15-7-6-8-16(13-15)11-12-19(23)20-14(2)21(24)17-9-4-5-10-18(17)22(20)25/h4-13,24H,3H2,1-2H3/q+1/b12-11+. The topological polar surface area (TPSA) is 65.2 Å². The van der Waals surface area contributed by atoms with Crippen molar-refractivity contribution in [3.05, 3.63) is 82.0 Å². The van der Waals surface area contributed by atoms with E-state index in [4.69, 9.17) is 0 Å². The van der Waals surface area contributed by atoms with E-state index in [0.29, 0.717) is 9.94 Å². The number of rotatable bonds is 4. The minimum Gasteiger partial charge on any atom is -0.428 e. The van der Waals surface area contributed by atoms with Crippen LogP contribution in [0.15, 0.2) is 54.6 Å². The van der Waals surface area contributed by atoms with Crippen LogP contribution in [0.4, 0.5) is 0 Å². The van der Waals surface area contributed by atoms with Gasteiger partial charge in [0.25, 0.3) is 11.3 Å². The van der Waals surface area contributed by atoms with Crippen LogP contribution in [0, 0.1) is 11.8 Å². The fourth-order valence-electron chi connectivity index (χ4n) is 2.81. The Kier molecular flexibility index (Phi) is 4.48. The zero-order chi connectivity index (χ0) is 18.0. The summed E-state index contributed by atoms with van der Waals surface area (Å²) in [5.41, 5.74) is 2.75. The number of aromatic nitrogens is 2. The van der Waals surface area contributed by atoms with Crippen molar-refractivity contribution in [3.63, 3.8) is 0 Å². The summed E-state index contributed by atoms with van der Waals surface area (Å²) in [4.78, 5) is 25.2. The number of fused-ring (bicyclic) bond motifs is 1. The first-order valence-corrected chi connectivity index (χ1v) is 8.10. The van der Waals surface area contributed by atoms with Gasteiger partial charge in [0.2, 0.25) is 0 Å². The van der Waals surface area contributed by atoms with Gasteiger partial charge in [-0.1, -0.05) is 49.4 Å². The summed E-state index contributed by atoms with van der Waals surface area (Å²) >= 11 is 0. The van der Waals surface area contributed by atoms with E-state index in [0.717, 1.165) is 16.7 Å². The van der Waals surface area contributed by atoms with Crippen LogP contribution in [0.2, 0.25) is 0 Å². The third kappa shape index (κ3) is 3.08. The van der Waals surface area contributed by atoms with Gasteiger partial charge in [-0.05, 0) is 36.6 Å². The van der Waals surface area contributed by atoms with Crippen molar-refractivity contribution in [3.8, 4) is 0 Å². The van der Waals surface area contributed by atoms with Crippen LogP contribution in [-0.4, -0.2) is 15.7 Å². The summed E-state index contributed by atoms with van der Waals surface area (Å²) in [6, 6.07) is 14.4. The molecule has 3 aromatic rings. The highest BCUT2D eigenvalue weighted by Crippen LogP contribution is 2.14. The number of allylic oxidation sites excluding steroid dienone is 1. The summed E-state index contributed by atoms with van der Waals surface area (Å²) in [6.07, 6.45) is 3.95. The molecule has 0 amide bonds. The fraction of sp³-hybridized carbons (Fsp3) is 0.150. The summed E-state index contributed by atoms with van der Waals surface area (Å²) < 4.78 is 1.45. The van der Waals surface area contributed by atoms with Gasteiger partial charge in [-0.15, -0.1) is 0 Å². The Labute approximate surface area is 145 Å². The average Bonchev–Trinajstić information content (AvgIpc) is 2.65. The number of hydrogen-bond acceptors (Lipinski definition) is 3. The molecule has 0 aliphatic heterocycles. The quantitative estimate of drug-likeness (QED) is 0.343. The van der Waals surface area contributed by atoms with E-state index in [9.17, 15) is 14.9 Å². The van der Waals surface area contributed by atoms with Crippen LogP contribution in [0.25, 0.3) is 17.1 Å². The van der Waals surface area contributed by atoms with E-state index in [-0.39, 0.29) is 16.9 Å². The number of nitrogens with zero attached hydrogens (tertiary/aromatic N) is 2. The molecule has 5 nitrogen and oxygen atoms in total. The Morgan fingerprint density at radius 1 is 1.20 bits per heavy atom. The SMILES string of the molecule is CCc1cccc(/C=C/C(=O)c2c(C)n(O)c3ccccc3[n+]2=O)c1. The van der Waals surface area contributed by atoms with Crippen molar-refractivity contribution >= 4 is 22.9 Å². The first kappa shape index (κ1) is 16.6. The van der Waals surface area contributed by atoms with Crippen LogP contribution in [-0.2, 0) is 6.42 Å². The van der Waals surface area contributed by atoms with Crippen molar-refractivity contribution in [1.82, 2.24) is 4.73 Å². The lowest BCUT2D eigenvalue weighted by Gasteiger charge is -2.04. The molecule has 0 saturated carbocycles. The zero-order valence-corrected chi connectivity index (χ0v) is 14.1. The van der Waals surface area contributed by atoms with E-state index in [1.54, 1.807) is 37.3 Å². The third-order valence-electron chi connectivity index (χ3n) is 4.21. The summed E-state index contributed by atoms with van der Waals surface area (Å²) in [7, 11) is 0. The molecule has 0 spiro atoms. The van der Waals surface area contributed by atoms with Crippen molar-refractivity contribution < 1.29 is 14.4 Å². The number of para-hydroxylation sites is 2. The molecule has 126 valence electrons. The monoisotopic (exact) mass is 335 g/mol. The van der Waals surface area contributed by atoms with Gasteiger partial charge in [-0.3, -0.25) is 4.79 Å². The Bertz CT molecular complexity index is 1050. The molecule has 1 heterocycles. The second-order valence-electron chi connectivity index (χ2n) is 5.83. The van der Waals surface area contributed by atoms with Gasteiger partial charge in [0.1, 0.15) is 5.69 Å². The molecule has 3 rings (SSSR count). The molecule has 0 saturated heterocycles. The van der Waals surface area contributed by atoms with Crippen LogP contribution in [0.5, 0.6) is 0 Å². The van der Waals surface area contributed by atoms with Crippen LogP contribution < -0.4 is 4.43 Å². The highest BCUT2D eigenvalue weighted by Gasteiger charge is 2.26. The number of carbonyl (C=O) groups is 1. The van der Waals surface area contributed by atoms with Gasteiger partial charge < -0.3 is 5.21 Å². The van der Waals surface area contributed by atoms with Crippen molar-refractivity contribution in [1.29, 1.82) is 0 Å². The maximum Gasteiger partial charge on any atom is 0.332 e. The predicted molar refractivity (Wildman–Crippen MR) is 96.4 cm³/mol. The molecule has 0 atom stereocenters. The van der Waals surface area contributed by atoms with Gasteiger partial charge in [-0.25, -0.2) is 0 Å². The Morgan fingerprint density at radius 3 is 2.72 bits per heavy atom. The molecule has 2 aromatic carbocycles. The summed E-state index contributed by atoms with van der Waals surface area (Å²) in [5.74, 6) is -0.456. The first-order chi connectivity index (χ1) is 12.0. The second kappa shape index (κ2) is 6.73. The molecule has 25 heavy (non-hydrogen) atoms. The molecule has 0 bridgehead atoms. The van der Waals surface area contributed by atoms with E-state index in [2.05, 4.69) is 6.92 Å². The van der Waals surface area contributed by atoms with Crippen LogP contribution in [0.1, 0.15) is 34.2 Å². The Hall–Kier alpha value is -3.21. The maximum atomic E-state index is 12.6. The third-order valence-corrected chi connectivity index (χ3v) is 4.21. The van der Waals surface area contributed by atoms with Crippen molar-refractivity contribution in [2.75, 3.05) is 0 Å². The van der Waals surface area contributed by atoms with Gasteiger partial charge in [0, 0.05) is 11.0 Å². The molecule has 5 heteroatoms. The summed E-state index contributed by atoms with van der Waals surface area (Å²) in [6.45, 7) is 3.60. The molecule has 1 N–H and O–H groups in total. The van der Waals surface area contributed by atoms with Crippen molar-refractivity contribution in [2.45, 2.75) is 20.3 Å². The lowest BCUT2D eigenvalue weighted by molar-refractivity contribution is -0.468. The number of hydrogen-bond donors (Lipinski definition) is 1. The number of benzene rings is 2. The van der Waals surface area contributed by atoms with E-state index in [1.807, 2.05) is 24.3 Å². The molecule has 0 aliphatic rings. The minimum absolute atomic E-state index is 0.0934. The predicted octanol–water partition coefficient (Wildman–Crippen LogP) is 3.56. The maximum absolute atomic E-state index is 12.6. The van der Waals surface area contributed by atoms with E-state index in [1.165, 1.54) is 11.6 Å². The van der Waals surface area contributed by atoms with E-state index < -0.39 is 5.78 Å².